The summed E-state index contributed by atoms with van der Waals surface area (Å²) in [4.78, 5) is 29.9. The topological polar surface area (TPSA) is 80.6 Å². The number of aromatic nitrogens is 3. The standard InChI is InChI=1S/C26H31N5O3S/c1-3-15-30(22-13-16-29(17-14-22)25(33)20-7-5-4-6-8-20)24(32)18-35-26-28-27-19-31(26)21-9-11-23(34-2)12-10-21/h4-12,19,22H,3,13-18H2,1-2H3. The SMILES string of the molecule is CCCN(C(=O)CSc1nncn1-c1ccc(OC)cc1)C1CCN(C(=O)c2ccccc2)CC1. The Morgan fingerprint density at radius 3 is 2.46 bits per heavy atom. The second-order valence-electron chi connectivity index (χ2n) is 8.45. The largest absolute Gasteiger partial charge is 0.497 e. The van der Waals surface area contributed by atoms with Gasteiger partial charge in [0.05, 0.1) is 12.9 Å². The third kappa shape index (κ3) is 6.03. The number of piperidine rings is 1. The molecule has 0 spiro atoms. The number of carbonyl (C=O) groups excluding carboxylic acids is 2. The molecule has 3 aromatic rings. The fourth-order valence-corrected chi connectivity index (χ4v) is 5.16. The number of nitrogens with zero attached hydrogens (tertiary/aromatic N) is 5. The Morgan fingerprint density at radius 2 is 1.80 bits per heavy atom. The van der Waals surface area contributed by atoms with Crippen LogP contribution in [0.25, 0.3) is 5.69 Å². The molecule has 1 aliphatic rings. The van der Waals surface area contributed by atoms with Crippen molar-refractivity contribution < 1.29 is 14.3 Å². The molecule has 8 nitrogen and oxygen atoms in total. The Balaban J connectivity index is 1.35. The van der Waals surface area contributed by atoms with Crippen LogP contribution in [0.5, 0.6) is 5.75 Å². The Hall–Kier alpha value is -3.33. The van der Waals surface area contributed by atoms with Crippen LogP contribution in [0.4, 0.5) is 0 Å². The lowest BCUT2D eigenvalue weighted by atomic mass is 10.0. The van der Waals surface area contributed by atoms with Gasteiger partial charge in [0.15, 0.2) is 5.16 Å². The molecule has 1 saturated heterocycles. The van der Waals surface area contributed by atoms with Crippen molar-refractivity contribution in [3.8, 4) is 11.4 Å². The Kier molecular flexibility index (Phi) is 8.41. The Labute approximate surface area is 210 Å². The molecule has 2 aromatic carbocycles. The minimum absolute atomic E-state index is 0.0610. The molecule has 35 heavy (non-hydrogen) atoms. The molecule has 2 amide bonds. The third-order valence-electron chi connectivity index (χ3n) is 6.19. The molecule has 0 radical (unpaired) electrons. The van der Waals surface area contributed by atoms with Crippen LogP contribution in [-0.2, 0) is 4.79 Å². The molecule has 0 aliphatic carbocycles. The summed E-state index contributed by atoms with van der Waals surface area (Å²) >= 11 is 1.39. The lowest BCUT2D eigenvalue weighted by Crippen LogP contribution is -2.49. The number of amides is 2. The van der Waals surface area contributed by atoms with Crippen molar-refractivity contribution >= 4 is 23.6 Å². The van der Waals surface area contributed by atoms with Crippen LogP contribution in [0.15, 0.2) is 66.1 Å². The van der Waals surface area contributed by atoms with E-state index in [0.29, 0.717) is 30.4 Å². The molecule has 0 atom stereocenters. The van der Waals surface area contributed by atoms with Crippen molar-refractivity contribution in [2.24, 2.45) is 0 Å². The lowest BCUT2D eigenvalue weighted by molar-refractivity contribution is -0.131. The van der Waals surface area contributed by atoms with E-state index in [2.05, 4.69) is 17.1 Å². The van der Waals surface area contributed by atoms with Crippen LogP contribution < -0.4 is 4.74 Å². The summed E-state index contributed by atoms with van der Waals surface area (Å²) in [5.41, 5.74) is 1.62. The first-order chi connectivity index (χ1) is 17.1. The van der Waals surface area contributed by atoms with Gasteiger partial charge in [-0.15, -0.1) is 10.2 Å². The van der Waals surface area contributed by atoms with Crippen molar-refractivity contribution in [3.05, 3.63) is 66.5 Å². The molecular weight excluding hydrogens is 462 g/mol. The summed E-state index contributed by atoms with van der Waals surface area (Å²) in [7, 11) is 1.63. The number of methoxy groups -OCH3 is 1. The van der Waals surface area contributed by atoms with Gasteiger partial charge in [-0.25, -0.2) is 0 Å². The second-order valence-corrected chi connectivity index (χ2v) is 9.39. The molecule has 0 bridgehead atoms. The number of benzene rings is 2. The summed E-state index contributed by atoms with van der Waals surface area (Å²) in [5.74, 6) is 1.22. The summed E-state index contributed by atoms with van der Waals surface area (Å²) in [6.45, 7) is 4.11. The van der Waals surface area contributed by atoms with Gasteiger partial charge in [-0.05, 0) is 55.7 Å². The lowest BCUT2D eigenvalue weighted by Gasteiger charge is -2.38. The minimum atomic E-state index is 0.0610. The predicted molar refractivity (Wildman–Crippen MR) is 136 cm³/mol. The van der Waals surface area contributed by atoms with Crippen molar-refractivity contribution in [3.63, 3.8) is 0 Å². The average molecular weight is 494 g/mol. The van der Waals surface area contributed by atoms with E-state index in [1.54, 1.807) is 13.4 Å². The molecule has 184 valence electrons. The maximum atomic E-state index is 13.2. The molecule has 0 saturated carbocycles. The van der Waals surface area contributed by atoms with Gasteiger partial charge in [-0.1, -0.05) is 36.9 Å². The first-order valence-electron chi connectivity index (χ1n) is 11.9. The van der Waals surface area contributed by atoms with Crippen molar-refractivity contribution in [2.75, 3.05) is 32.5 Å². The highest BCUT2D eigenvalue weighted by Gasteiger charge is 2.29. The second kappa shape index (κ2) is 11.9. The molecule has 1 aliphatic heterocycles. The van der Waals surface area contributed by atoms with Gasteiger partial charge in [0.1, 0.15) is 12.1 Å². The zero-order chi connectivity index (χ0) is 24.6. The van der Waals surface area contributed by atoms with Gasteiger partial charge in [-0.2, -0.15) is 0 Å². The normalized spacial score (nSPS) is 14.1. The number of ether oxygens (including phenoxy) is 1. The van der Waals surface area contributed by atoms with Crippen LogP contribution in [0.2, 0.25) is 0 Å². The van der Waals surface area contributed by atoms with E-state index in [1.165, 1.54) is 11.8 Å². The highest BCUT2D eigenvalue weighted by Crippen LogP contribution is 2.24. The van der Waals surface area contributed by atoms with E-state index in [9.17, 15) is 9.59 Å². The molecule has 4 rings (SSSR count). The molecule has 0 unspecified atom stereocenters. The highest BCUT2D eigenvalue weighted by molar-refractivity contribution is 7.99. The summed E-state index contributed by atoms with van der Waals surface area (Å²) in [6.07, 6.45) is 4.12. The monoisotopic (exact) mass is 493 g/mol. The fourth-order valence-electron chi connectivity index (χ4n) is 4.35. The molecule has 2 heterocycles. The quantitative estimate of drug-likeness (QED) is 0.421. The molecule has 9 heteroatoms. The van der Waals surface area contributed by atoms with Gasteiger partial charge in [0.25, 0.3) is 5.91 Å². The first-order valence-corrected chi connectivity index (χ1v) is 12.9. The molecule has 1 aromatic heterocycles. The van der Waals surface area contributed by atoms with E-state index < -0.39 is 0 Å². The van der Waals surface area contributed by atoms with Crippen LogP contribution in [-0.4, -0.2) is 74.9 Å². The van der Waals surface area contributed by atoms with Crippen molar-refractivity contribution in [2.45, 2.75) is 37.4 Å². The molecule has 0 N–H and O–H groups in total. The maximum absolute atomic E-state index is 13.2. The summed E-state index contributed by atoms with van der Waals surface area (Å²) in [5, 5.41) is 8.92. The third-order valence-corrected chi connectivity index (χ3v) is 7.12. The maximum Gasteiger partial charge on any atom is 0.253 e. The fraction of sp³-hybridized carbons (Fsp3) is 0.385. The summed E-state index contributed by atoms with van der Waals surface area (Å²) < 4.78 is 7.10. The van der Waals surface area contributed by atoms with Crippen LogP contribution in [0, 0.1) is 0 Å². The van der Waals surface area contributed by atoms with Gasteiger partial charge < -0.3 is 14.5 Å². The van der Waals surface area contributed by atoms with E-state index in [-0.39, 0.29) is 23.6 Å². The number of hydrogen-bond acceptors (Lipinski definition) is 6. The van der Waals surface area contributed by atoms with Crippen LogP contribution >= 0.6 is 11.8 Å². The first kappa shape index (κ1) is 24.8. The number of likely N-dealkylation sites (tertiary alicyclic amines) is 1. The molecule has 1 fully saturated rings. The average Bonchev–Trinajstić information content (AvgIpc) is 3.39. The van der Waals surface area contributed by atoms with Crippen molar-refractivity contribution in [1.82, 2.24) is 24.6 Å². The van der Waals surface area contributed by atoms with E-state index in [4.69, 9.17) is 4.74 Å². The van der Waals surface area contributed by atoms with Gasteiger partial charge in [0.2, 0.25) is 5.91 Å². The Bertz CT molecular complexity index is 1110. The van der Waals surface area contributed by atoms with E-state index in [0.717, 1.165) is 30.7 Å². The van der Waals surface area contributed by atoms with Crippen LogP contribution in [0.1, 0.15) is 36.5 Å². The van der Waals surface area contributed by atoms with Crippen LogP contribution in [0.3, 0.4) is 0 Å². The number of carbonyl (C=O) groups is 2. The number of thioether (sulfide) groups is 1. The predicted octanol–water partition coefficient (Wildman–Crippen LogP) is 3.91. The summed E-state index contributed by atoms with van der Waals surface area (Å²) in [6, 6.07) is 17.1. The van der Waals surface area contributed by atoms with Gasteiger partial charge in [-0.3, -0.25) is 14.2 Å². The smallest absolute Gasteiger partial charge is 0.253 e. The van der Waals surface area contributed by atoms with E-state index >= 15 is 0 Å². The van der Waals surface area contributed by atoms with Crippen molar-refractivity contribution in [1.29, 1.82) is 0 Å². The minimum Gasteiger partial charge on any atom is -0.497 e. The zero-order valence-electron chi connectivity index (χ0n) is 20.2. The van der Waals surface area contributed by atoms with E-state index in [1.807, 2.05) is 69.0 Å². The number of rotatable bonds is 9. The molecular formula is C26H31N5O3S. The van der Waals surface area contributed by atoms with Gasteiger partial charge in [0, 0.05) is 36.9 Å². The number of hydrogen-bond donors (Lipinski definition) is 0. The zero-order valence-corrected chi connectivity index (χ0v) is 21.0. The Morgan fingerprint density at radius 1 is 1.09 bits per heavy atom. The van der Waals surface area contributed by atoms with Gasteiger partial charge >= 0.3 is 0 Å². The highest BCUT2D eigenvalue weighted by atomic mass is 32.2.